The van der Waals surface area contributed by atoms with Crippen LogP contribution < -0.4 is 10.9 Å². The fourth-order valence-corrected chi connectivity index (χ4v) is 5.55. The Balaban J connectivity index is 1.39. The molecule has 138 valence electrons. The van der Waals surface area contributed by atoms with Gasteiger partial charge in [0.15, 0.2) is 5.16 Å². The highest BCUT2D eigenvalue weighted by atomic mass is 32.2. The molecule has 0 spiro atoms. The highest BCUT2D eigenvalue weighted by Crippen LogP contribution is 2.49. The maximum Gasteiger partial charge on any atom is 0.261 e. The van der Waals surface area contributed by atoms with Gasteiger partial charge in [-0.15, -0.1) is 0 Å². The molecule has 1 amide bonds. The van der Waals surface area contributed by atoms with E-state index in [9.17, 15) is 9.59 Å². The molecule has 2 saturated carbocycles. The second-order valence-corrected chi connectivity index (χ2v) is 8.70. The first-order valence-electron chi connectivity index (χ1n) is 9.41. The van der Waals surface area contributed by atoms with Crippen molar-refractivity contribution in [3.63, 3.8) is 0 Å². The molecule has 4 rings (SSSR count). The summed E-state index contributed by atoms with van der Waals surface area (Å²) < 4.78 is 1.53. The van der Waals surface area contributed by atoms with E-state index >= 15 is 0 Å². The zero-order chi connectivity index (χ0) is 18.3. The predicted octanol–water partition coefficient (Wildman–Crippen LogP) is 2.97. The van der Waals surface area contributed by atoms with Gasteiger partial charge in [-0.2, -0.15) is 0 Å². The summed E-state index contributed by atoms with van der Waals surface area (Å²) in [7, 11) is 1.71. The molecule has 5 nitrogen and oxygen atoms in total. The minimum absolute atomic E-state index is 0.0210. The topological polar surface area (TPSA) is 64.0 Å². The molecule has 0 aliphatic heterocycles. The van der Waals surface area contributed by atoms with Crippen molar-refractivity contribution in [3.8, 4) is 0 Å². The number of hydrogen-bond acceptors (Lipinski definition) is 4. The van der Waals surface area contributed by atoms with Crippen molar-refractivity contribution in [1.82, 2.24) is 14.9 Å². The minimum atomic E-state index is -0.0751. The molecule has 2 bridgehead atoms. The third kappa shape index (κ3) is 3.27. The van der Waals surface area contributed by atoms with Gasteiger partial charge < -0.3 is 5.32 Å². The summed E-state index contributed by atoms with van der Waals surface area (Å²) >= 11 is 1.32. The summed E-state index contributed by atoms with van der Waals surface area (Å²) in [5.41, 5.74) is 0.600. The first-order valence-corrected chi connectivity index (χ1v) is 10.4. The van der Waals surface area contributed by atoms with Gasteiger partial charge in [0.25, 0.3) is 5.56 Å². The van der Waals surface area contributed by atoms with Crippen LogP contribution in [0.15, 0.2) is 34.2 Å². The smallest absolute Gasteiger partial charge is 0.261 e. The van der Waals surface area contributed by atoms with Crippen molar-refractivity contribution in [2.45, 2.75) is 43.8 Å². The van der Waals surface area contributed by atoms with E-state index in [-0.39, 0.29) is 23.3 Å². The molecule has 4 atom stereocenters. The van der Waals surface area contributed by atoms with Crippen molar-refractivity contribution >= 4 is 28.6 Å². The molecule has 2 aliphatic rings. The van der Waals surface area contributed by atoms with Crippen molar-refractivity contribution in [3.05, 3.63) is 34.6 Å². The van der Waals surface area contributed by atoms with E-state index in [0.29, 0.717) is 22.0 Å². The lowest BCUT2D eigenvalue weighted by Gasteiger charge is -2.28. The van der Waals surface area contributed by atoms with Gasteiger partial charge in [-0.25, -0.2) is 4.98 Å². The monoisotopic (exact) mass is 371 g/mol. The Morgan fingerprint density at radius 2 is 2.15 bits per heavy atom. The highest BCUT2D eigenvalue weighted by molar-refractivity contribution is 7.99. The van der Waals surface area contributed by atoms with E-state index in [4.69, 9.17) is 0 Å². The number of carbonyl (C=O) groups excluding carboxylic acids is 1. The molecule has 0 unspecified atom stereocenters. The second kappa shape index (κ2) is 7.06. The van der Waals surface area contributed by atoms with Crippen molar-refractivity contribution in [2.24, 2.45) is 24.8 Å². The summed E-state index contributed by atoms with van der Waals surface area (Å²) in [4.78, 5) is 29.4. The number of carbonyl (C=O) groups is 1. The molecule has 2 aromatic rings. The third-order valence-corrected chi connectivity index (χ3v) is 7.13. The van der Waals surface area contributed by atoms with Crippen LogP contribution in [0.3, 0.4) is 0 Å². The van der Waals surface area contributed by atoms with E-state index in [1.165, 1.54) is 42.0 Å². The lowest BCUT2D eigenvalue weighted by Crippen LogP contribution is -2.41. The average Bonchev–Trinajstić information content (AvgIpc) is 3.27. The predicted molar refractivity (Wildman–Crippen MR) is 104 cm³/mol. The van der Waals surface area contributed by atoms with Crippen molar-refractivity contribution < 1.29 is 4.79 Å². The van der Waals surface area contributed by atoms with Crippen LogP contribution in [-0.4, -0.2) is 27.3 Å². The SMILES string of the molecule is C[C@H](NC(=O)CSc1nc2ccccc2c(=O)n1C)[C@H]1C[C@H]2CC[C@H]1C2. The molecule has 2 fully saturated rings. The van der Waals surface area contributed by atoms with E-state index in [1.807, 2.05) is 18.2 Å². The van der Waals surface area contributed by atoms with Gasteiger partial charge in [0.05, 0.1) is 16.7 Å². The van der Waals surface area contributed by atoms with Gasteiger partial charge in [0.1, 0.15) is 0 Å². The van der Waals surface area contributed by atoms with Crippen LogP contribution in [0.25, 0.3) is 10.9 Å². The standard InChI is InChI=1S/C20H25N3O2S/c1-12(16-10-13-7-8-14(16)9-13)21-18(24)11-26-20-22-17-6-4-3-5-15(17)19(25)23(20)2/h3-6,12-14,16H,7-11H2,1-2H3,(H,21,24)/t12-,13-,14-,16+/m0/s1. The molecule has 2 aliphatic carbocycles. The Kier molecular flexibility index (Phi) is 4.78. The minimum Gasteiger partial charge on any atom is -0.353 e. The summed E-state index contributed by atoms with van der Waals surface area (Å²) in [5, 5.41) is 4.36. The number of para-hydroxylation sites is 1. The molecule has 0 radical (unpaired) electrons. The highest BCUT2D eigenvalue weighted by Gasteiger charge is 2.42. The van der Waals surface area contributed by atoms with Gasteiger partial charge in [0.2, 0.25) is 5.91 Å². The van der Waals surface area contributed by atoms with E-state index in [2.05, 4.69) is 17.2 Å². The summed E-state index contributed by atoms with van der Waals surface area (Å²) in [5.74, 6) is 2.61. The molecular weight excluding hydrogens is 346 g/mol. The van der Waals surface area contributed by atoms with Crippen LogP contribution in [0.1, 0.15) is 32.6 Å². The number of rotatable bonds is 5. The number of benzene rings is 1. The summed E-state index contributed by atoms with van der Waals surface area (Å²) in [6, 6.07) is 7.54. The molecule has 1 heterocycles. The van der Waals surface area contributed by atoms with Crippen LogP contribution in [0, 0.1) is 17.8 Å². The maximum atomic E-state index is 12.4. The van der Waals surface area contributed by atoms with Crippen molar-refractivity contribution in [1.29, 1.82) is 0 Å². The Morgan fingerprint density at radius 1 is 1.35 bits per heavy atom. The van der Waals surface area contributed by atoms with Gasteiger partial charge in [-0.3, -0.25) is 14.2 Å². The average molecular weight is 372 g/mol. The zero-order valence-electron chi connectivity index (χ0n) is 15.3. The van der Waals surface area contributed by atoms with Gasteiger partial charge in [-0.05, 0) is 56.1 Å². The molecule has 0 saturated heterocycles. The first-order chi connectivity index (χ1) is 12.5. The second-order valence-electron chi connectivity index (χ2n) is 7.76. The lowest BCUT2D eigenvalue weighted by atomic mass is 9.84. The number of nitrogens with one attached hydrogen (secondary N) is 1. The zero-order valence-corrected chi connectivity index (χ0v) is 16.1. The number of fused-ring (bicyclic) bond motifs is 3. The van der Waals surface area contributed by atoms with Crippen LogP contribution in [0.5, 0.6) is 0 Å². The maximum absolute atomic E-state index is 12.4. The molecular formula is C20H25N3O2S. The summed E-state index contributed by atoms with van der Waals surface area (Å²) in [6.07, 6.45) is 5.31. The molecule has 6 heteroatoms. The third-order valence-electron chi connectivity index (χ3n) is 6.10. The van der Waals surface area contributed by atoms with Crippen LogP contribution in [0.2, 0.25) is 0 Å². The van der Waals surface area contributed by atoms with Crippen molar-refractivity contribution in [2.75, 3.05) is 5.75 Å². The Labute approximate surface area is 157 Å². The van der Waals surface area contributed by atoms with Crippen LogP contribution >= 0.6 is 11.8 Å². The van der Waals surface area contributed by atoms with Gasteiger partial charge in [-0.1, -0.05) is 30.3 Å². The lowest BCUT2D eigenvalue weighted by molar-refractivity contribution is -0.119. The van der Waals surface area contributed by atoms with E-state index in [0.717, 1.165) is 11.8 Å². The Hall–Kier alpha value is -1.82. The fraction of sp³-hybridized carbons (Fsp3) is 0.550. The first kappa shape index (κ1) is 17.6. The fourth-order valence-electron chi connectivity index (χ4n) is 4.77. The quantitative estimate of drug-likeness (QED) is 0.648. The number of hydrogen-bond donors (Lipinski definition) is 1. The summed E-state index contributed by atoms with van der Waals surface area (Å²) in [6.45, 7) is 2.14. The number of aromatic nitrogens is 2. The van der Waals surface area contributed by atoms with Crippen LogP contribution in [-0.2, 0) is 11.8 Å². The Morgan fingerprint density at radius 3 is 2.88 bits per heavy atom. The number of thioether (sulfide) groups is 1. The Bertz CT molecular complexity index is 894. The number of amides is 1. The van der Waals surface area contributed by atoms with E-state index in [1.54, 1.807) is 13.1 Å². The number of nitrogens with zero attached hydrogens (tertiary/aromatic N) is 2. The van der Waals surface area contributed by atoms with E-state index < -0.39 is 0 Å². The van der Waals surface area contributed by atoms with Gasteiger partial charge >= 0.3 is 0 Å². The molecule has 1 N–H and O–H groups in total. The molecule has 1 aromatic heterocycles. The van der Waals surface area contributed by atoms with Gasteiger partial charge in [0, 0.05) is 13.1 Å². The largest absolute Gasteiger partial charge is 0.353 e. The molecule has 1 aromatic carbocycles. The normalized spacial score (nSPS) is 25.5. The van der Waals surface area contributed by atoms with Crippen LogP contribution in [0.4, 0.5) is 0 Å². The molecule has 26 heavy (non-hydrogen) atoms.